The van der Waals surface area contributed by atoms with Crippen molar-refractivity contribution in [1.29, 1.82) is 0 Å². The fourth-order valence-corrected chi connectivity index (χ4v) is 3.35. The van der Waals surface area contributed by atoms with Crippen molar-refractivity contribution in [2.24, 2.45) is 7.05 Å². The van der Waals surface area contributed by atoms with Gasteiger partial charge in [-0.05, 0) is 11.6 Å². The van der Waals surface area contributed by atoms with Crippen LogP contribution in [0.15, 0.2) is 30.6 Å². The van der Waals surface area contributed by atoms with E-state index >= 15 is 0 Å². The van der Waals surface area contributed by atoms with Crippen LogP contribution in [-0.4, -0.2) is 31.8 Å². The zero-order valence-corrected chi connectivity index (χ0v) is 13.5. The van der Waals surface area contributed by atoms with Crippen molar-refractivity contribution in [2.45, 2.75) is 18.8 Å². The van der Waals surface area contributed by atoms with Crippen LogP contribution < -0.4 is 10.6 Å². The molecule has 4 N–H and O–H groups in total. The van der Waals surface area contributed by atoms with Gasteiger partial charge in [-0.1, -0.05) is 18.2 Å². The molecule has 1 aliphatic rings. The minimum Gasteiger partial charge on any atom is -0.371 e. The first kappa shape index (κ1) is 14.9. The highest BCUT2D eigenvalue weighted by Gasteiger charge is 2.28. The summed E-state index contributed by atoms with van der Waals surface area (Å²) in [7, 11) is 3.81. The Bertz CT molecular complexity index is 919. The first-order valence-corrected chi connectivity index (χ1v) is 7.82. The molecule has 0 bridgehead atoms. The van der Waals surface area contributed by atoms with Gasteiger partial charge in [-0.3, -0.25) is 0 Å². The molecule has 0 aliphatic carbocycles. The predicted molar refractivity (Wildman–Crippen MR) is 91.7 cm³/mol. The van der Waals surface area contributed by atoms with Crippen LogP contribution in [0, 0.1) is 0 Å². The number of aliphatic hydroxyl groups is 2. The number of imidazole rings is 1. The highest BCUT2D eigenvalue weighted by molar-refractivity contribution is 5.92. The standard InChI is InChI=1S/C17H19N5O2/c1-18-16-13-14(22(2)8-19-13)11-7-12(20-15(11)21-16)9-4-3-5-10(6-9)17(23)24/h3-6,8,12,17,23-24H,7H2,1-2H3,(H2,18,20,21). The lowest BCUT2D eigenvalue weighted by Crippen LogP contribution is -2.07. The lowest BCUT2D eigenvalue weighted by molar-refractivity contribution is -0.0425. The molecular formula is C17H19N5O2. The van der Waals surface area contributed by atoms with Gasteiger partial charge >= 0.3 is 0 Å². The number of anilines is 2. The Hall–Kier alpha value is -2.64. The number of pyridine rings is 1. The third-order valence-corrected chi connectivity index (χ3v) is 4.52. The number of hydrogen-bond donors (Lipinski definition) is 4. The topological polar surface area (TPSA) is 95.2 Å². The molecule has 0 radical (unpaired) electrons. The molecule has 3 heterocycles. The Labute approximate surface area is 139 Å². The van der Waals surface area contributed by atoms with Crippen molar-refractivity contribution < 1.29 is 10.2 Å². The Kier molecular flexibility index (Phi) is 3.40. The number of aliphatic hydroxyl groups excluding tert-OH is 1. The largest absolute Gasteiger partial charge is 0.371 e. The van der Waals surface area contributed by atoms with Crippen molar-refractivity contribution in [3.63, 3.8) is 0 Å². The van der Waals surface area contributed by atoms with Crippen LogP contribution in [0.3, 0.4) is 0 Å². The van der Waals surface area contributed by atoms with Crippen molar-refractivity contribution in [1.82, 2.24) is 14.5 Å². The Morgan fingerprint density at radius 3 is 2.96 bits per heavy atom. The van der Waals surface area contributed by atoms with Gasteiger partial charge in [0, 0.05) is 31.6 Å². The summed E-state index contributed by atoms with van der Waals surface area (Å²) < 4.78 is 2.01. The molecule has 1 aliphatic heterocycles. The fourth-order valence-electron chi connectivity index (χ4n) is 3.35. The maximum Gasteiger partial charge on any atom is 0.178 e. The van der Waals surface area contributed by atoms with Gasteiger partial charge in [0.2, 0.25) is 0 Å². The molecule has 0 saturated carbocycles. The van der Waals surface area contributed by atoms with E-state index in [-0.39, 0.29) is 6.04 Å². The van der Waals surface area contributed by atoms with Crippen LogP contribution in [0.1, 0.15) is 29.0 Å². The molecule has 0 amide bonds. The summed E-state index contributed by atoms with van der Waals surface area (Å²) >= 11 is 0. The summed E-state index contributed by atoms with van der Waals surface area (Å²) in [6.07, 6.45) is 1.10. The van der Waals surface area contributed by atoms with Gasteiger partial charge in [0.1, 0.15) is 11.3 Å². The normalized spacial score (nSPS) is 16.5. The Morgan fingerprint density at radius 2 is 2.21 bits per heavy atom. The van der Waals surface area contributed by atoms with Gasteiger partial charge in [-0.15, -0.1) is 0 Å². The fraction of sp³-hybridized carbons (Fsp3) is 0.294. The van der Waals surface area contributed by atoms with Crippen LogP contribution >= 0.6 is 0 Å². The second-order valence-electron chi connectivity index (χ2n) is 6.04. The molecule has 3 aromatic rings. The predicted octanol–water partition coefficient (Wildman–Crippen LogP) is 1.70. The minimum atomic E-state index is -1.47. The smallest absolute Gasteiger partial charge is 0.178 e. The lowest BCUT2D eigenvalue weighted by atomic mass is 10.0. The highest BCUT2D eigenvalue weighted by atomic mass is 16.5. The zero-order chi connectivity index (χ0) is 16.8. The SMILES string of the molecule is CNc1nc2c(c3c1ncn3C)CC(c1cccc(C(O)O)c1)N2. The van der Waals surface area contributed by atoms with Crippen molar-refractivity contribution >= 4 is 22.7 Å². The zero-order valence-electron chi connectivity index (χ0n) is 13.5. The van der Waals surface area contributed by atoms with Crippen LogP contribution in [-0.2, 0) is 13.5 Å². The molecule has 0 fully saturated rings. The van der Waals surface area contributed by atoms with E-state index in [0.717, 1.165) is 40.2 Å². The van der Waals surface area contributed by atoms with Crippen molar-refractivity contribution in [3.05, 3.63) is 47.3 Å². The number of aryl methyl sites for hydroxylation is 1. The number of nitrogens with one attached hydrogen (secondary N) is 2. The Morgan fingerprint density at radius 1 is 1.38 bits per heavy atom. The van der Waals surface area contributed by atoms with E-state index in [0.29, 0.717) is 5.56 Å². The first-order chi connectivity index (χ1) is 11.6. The third kappa shape index (κ3) is 2.21. The van der Waals surface area contributed by atoms with Gasteiger partial charge < -0.3 is 25.4 Å². The number of fused-ring (bicyclic) bond motifs is 3. The summed E-state index contributed by atoms with van der Waals surface area (Å²) in [4.78, 5) is 9.10. The average molecular weight is 325 g/mol. The maximum atomic E-state index is 9.39. The maximum absolute atomic E-state index is 9.39. The van der Waals surface area contributed by atoms with Gasteiger partial charge in [0.25, 0.3) is 0 Å². The molecule has 24 heavy (non-hydrogen) atoms. The second-order valence-corrected chi connectivity index (χ2v) is 6.04. The number of aromatic nitrogens is 3. The summed E-state index contributed by atoms with van der Waals surface area (Å²) in [6.45, 7) is 0. The minimum absolute atomic E-state index is 0.0383. The highest BCUT2D eigenvalue weighted by Crippen LogP contribution is 2.39. The molecule has 1 atom stereocenters. The number of benzene rings is 1. The molecule has 4 rings (SSSR count). The summed E-state index contributed by atoms with van der Waals surface area (Å²) in [5.74, 6) is 1.59. The van der Waals surface area contributed by atoms with Gasteiger partial charge in [-0.2, -0.15) is 0 Å². The van der Waals surface area contributed by atoms with Gasteiger partial charge in [0.05, 0.1) is 17.9 Å². The van der Waals surface area contributed by atoms with E-state index in [4.69, 9.17) is 0 Å². The average Bonchev–Trinajstić information content (AvgIpc) is 3.17. The van der Waals surface area contributed by atoms with E-state index in [9.17, 15) is 10.2 Å². The molecule has 0 spiro atoms. The van der Waals surface area contributed by atoms with E-state index in [2.05, 4.69) is 20.6 Å². The van der Waals surface area contributed by atoms with Crippen molar-refractivity contribution in [2.75, 3.05) is 17.7 Å². The molecule has 7 heteroatoms. The Balaban J connectivity index is 1.78. The van der Waals surface area contributed by atoms with Crippen LogP contribution in [0.5, 0.6) is 0 Å². The monoisotopic (exact) mass is 325 g/mol. The van der Waals surface area contributed by atoms with Gasteiger partial charge in [0.15, 0.2) is 12.1 Å². The van der Waals surface area contributed by atoms with E-state index < -0.39 is 6.29 Å². The van der Waals surface area contributed by atoms with Crippen LogP contribution in [0.2, 0.25) is 0 Å². The first-order valence-electron chi connectivity index (χ1n) is 7.82. The molecule has 2 aromatic heterocycles. The van der Waals surface area contributed by atoms with Crippen LogP contribution in [0.4, 0.5) is 11.6 Å². The summed E-state index contributed by atoms with van der Waals surface area (Å²) in [5, 5.41) is 25.3. The quantitative estimate of drug-likeness (QED) is 0.548. The number of rotatable bonds is 3. The number of hydrogen-bond acceptors (Lipinski definition) is 6. The molecule has 0 saturated heterocycles. The molecule has 1 unspecified atom stereocenters. The molecule has 1 aromatic carbocycles. The van der Waals surface area contributed by atoms with Gasteiger partial charge in [-0.25, -0.2) is 9.97 Å². The van der Waals surface area contributed by atoms with Crippen molar-refractivity contribution in [3.8, 4) is 0 Å². The molecule has 7 nitrogen and oxygen atoms in total. The molecular weight excluding hydrogens is 306 g/mol. The van der Waals surface area contributed by atoms with Crippen LogP contribution in [0.25, 0.3) is 11.0 Å². The molecule has 124 valence electrons. The second kappa shape index (κ2) is 5.47. The van der Waals surface area contributed by atoms with E-state index in [1.807, 2.05) is 36.9 Å². The summed E-state index contributed by atoms with van der Waals surface area (Å²) in [5.41, 5.74) is 4.54. The van der Waals surface area contributed by atoms with E-state index in [1.54, 1.807) is 12.4 Å². The number of nitrogens with zero attached hydrogens (tertiary/aromatic N) is 3. The van der Waals surface area contributed by atoms with E-state index in [1.165, 1.54) is 0 Å². The third-order valence-electron chi connectivity index (χ3n) is 4.52. The summed E-state index contributed by atoms with van der Waals surface area (Å²) in [6, 6.07) is 7.37. The lowest BCUT2D eigenvalue weighted by Gasteiger charge is -2.13.